The van der Waals surface area contributed by atoms with Crippen LogP contribution in [0.2, 0.25) is 10.0 Å². The molecule has 1 aromatic carbocycles. The summed E-state index contributed by atoms with van der Waals surface area (Å²) in [6.45, 7) is 6.25. The highest BCUT2D eigenvalue weighted by molar-refractivity contribution is 6.36. The molecule has 2 heteroatoms. The standard InChI is InChI=1S/C12H15Cl2/c1-4-8-7-9(5-2)12(14)10(6-3)11(8)13/h4-6H2,1-3H3. The molecule has 0 aliphatic rings. The van der Waals surface area contributed by atoms with Crippen molar-refractivity contribution >= 4 is 23.2 Å². The number of aryl methyl sites for hydroxylation is 2. The second-order valence-electron chi connectivity index (χ2n) is 3.25. The van der Waals surface area contributed by atoms with E-state index in [4.69, 9.17) is 23.2 Å². The Bertz CT molecular complexity index is 301. The van der Waals surface area contributed by atoms with Gasteiger partial charge in [-0.1, -0.05) is 44.0 Å². The van der Waals surface area contributed by atoms with Crippen LogP contribution in [0.5, 0.6) is 0 Å². The molecule has 0 nitrogen and oxygen atoms in total. The molecular formula is C12H15Cl2. The smallest absolute Gasteiger partial charge is 0.0491 e. The van der Waals surface area contributed by atoms with Crippen molar-refractivity contribution in [2.45, 2.75) is 40.0 Å². The van der Waals surface area contributed by atoms with Gasteiger partial charge in [-0.3, -0.25) is 0 Å². The van der Waals surface area contributed by atoms with E-state index in [1.54, 1.807) is 0 Å². The van der Waals surface area contributed by atoms with E-state index in [1.807, 2.05) is 0 Å². The number of hydrogen-bond donors (Lipinski definition) is 0. The van der Waals surface area contributed by atoms with Gasteiger partial charge in [-0.05, 0) is 42.0 Å². The molecule has 0 bridgehead atoms. The molecule has 14 heavy (non-hydrogen) atoms. The summed E-state index contributed by atoms with van der Waals surface area (Å²) in [5.41, 5.74) is 3.25. The SMILES string of the molecule is CCc1[c]c(CC)c(Cl)c(CC)c1Cl. The van der Waals surface area contributed by atoms with Gasteiger partial charge in [0.15, 0.2) is 0 Å². The van der Waals surface area contributed by atoms with Gasteiger partial charge in [-0.25, -0.2) is 0 Å². The second kappa shape index (κ2) is 5.04. The lowest BCUT2D eigenvalue weighted by Crippen LogP contribution is -1.96. The highest BCUT2D eigenvalue weighted by Crippen LogP contribution is 2.32. The molecule has 0 saturated carbocycles. The molecular weight excluding hydrogens is 215 g/mol. The molecule has 0 N–H and O–H groups in total. The quantitative estimate of drug-likeness (QED) is 0.718. The molecule has 0 aliphatic heterocycles. The molecule has 0 spiro atoms. The first-order valence-corrected chi connectivity index (χ1v) is 5.82. The topological polar surface area (TPSA) is 0 Å². The Morgan fingerprint density at radius 1 is 0.857 bits per heavy atom. The van der Waals surface area contributed by atoms with E-state index < -0.39 is 0 Å². The van der Waals surface area contributed by atoms with Crippen molar-refractivity contribution in [3.05, 3.63) is 32.8 Å². The van der Waals surface area contributed by atoms with Crippen LogP contribution in [0.4, 0.5) is 0 Å². The van der Waals surface area contributed by atoms with E-state index in [2.05, 4.69) is 26.8 Å². The van der Waals surface area contributed by atoms with E-state index in [-0.39, 0.29) is 0 Å². The maximum absolute atomic E-state index is 6.23. The minimum atomic E-state index is 0.803. The summed E-state index contributed by atoms with van der Waals surface area (Å²) in [5.74, 6) is 0. The molecule has 0 unspecified atom stereocenters. The van der Waals surface area contributed by atoms with E-state index >= 15 is 0 Å². The maximum Gasteiger partial charge on any atom is 0.0491 e. The van der Waals surface area contributed by atoms with Gasteiger partial charge in [0, 0.05) is 10.0 Å². The summed E-state index contributed by atoms with van der Waals surface area (Å²) < 4.78 is 0. The summed E-state index contributed by atoms with van der Waals surface area (Å²) in [6, 6.07) is 3.29. The van der Waals surface area contributed by atoms with Crippen molar-refractivity contribution in [3.63, 3.8) is 0 Å². The fourth-order valence-corrected chi connectivity index (χ4v) is 2.42. The van der Waals surface area contributed by atoms with E-state index in [9.17, 15) is 0 Å². The molecule has 0 fully saturated rings. The van der Waals surface area contributed by atoms with Crippen molar-refractivity contribution in [2.75, 3.05) is 0 Å². The van der Waals surface area contributed by atoms with Gasteiger partial charge in [0.1, 0.15) is 0 Å². The highest BCUT2D eigenvalue weighted by Gasteiger charge is 2.12. The van der Waals surface area contributed by atoms with Crippen LogP contribution in [0, 0.1) is 6.07 Å². The molecule has 1 rings (SSSR count). The molecule has 0 heterocycles. The van der Waals surface area contributed by atoms with Gasteiger partial charge < -0.3 is 0 Å². The Morgan fingerprint density at radius 3 is 1.57 bits per heavy atom. The van der Waals surface area contributed by atoms with Gasteiger partial charge in [-0.2, -0.15) is 0 Å². The van der Waals surface area contributed by atoms with Gasteiger partial charge in [0.25, 0.3) is 0 Å². The minimum Gasteiger partial charge on any atom is -0.0837 e. The Balaban J connectivity index is 3.39. The summed E-state index contributed by atoms with van der Waals surface area (Å²) in [5, 5.41) is 1.61. The Hall–Kier alpha value is -0.200. The van der Waals surface area contributed by atoms with Gasteiger partial charge >= 0.3 is 0 Å². The number of benzene rings is 1. The number of rotatable bonds is 3. The molecule has 0 amide bonds. The van der Waals surface area contributed by atoms with Crippen molar-refractivity contribution < 1.29 is 0 Å². The van der Waals surface area contributed by atoms with Gasteiger partial charge in [0.05, 0.1) is 0 Å². The lowest BCUT2D eigenvalue weighted by atomic mass is 10.0. The van der Waals surface area contributed by atoms with Crippen LogP contribution in [0.1, 0.15) is 37.5 Å². The molecule has 1 aromatic rings. The minimum absolute atomic E-state index is 0.803. The first kappa shape index (κ1) is 11.9. The predicted molar refractivity (Wildman–Crippen MR) is 63.4 cm³/mol. The zero-order valence-electron chi connectivity index (χ0n) is 8.88. The van der Waals surface area contributed by atoms with Crippen molar-refractivity contribution in [2.24, 2.45) is 0 Å². The predicted octanol–water partition coefficient (Wildman–Crippen LogP) is 4.48. The molecule has 0 atom stereocenters. The average molecular weight is 230 g/mol. The fourth-order valence-electron chi connectivity index (χ4n) is 1.55. The van der Waals surface area contributed by atoms with E-state index in [1.165, 1.54) is 0 Å². The third-order valence-corrected chi connectivity index (χ3v) is 3.33. The summed E-state index contributed by atoms with van der Waals surface area (Å²) in [4.78, 5) is 0. The average Bonchev–Trinajstić information content (AvgIpc) is 2.19. The van der Waals surface area contributed by atoms with Crippen LogP contribution in [-0.4, -0.2) is 0 Å². The van der Waals surface area contributed by atoms with Gasteiger partial charge in [-0.15, -0.1) is 0 Å². The number of hydrogen-bond acceptors (Lipinski definition) is 0. The van der Waals surface area contributed by atoms with Crippen LogP contribution in [0.15, 0.2) is 0 Å². The summed E-state index contributed by atoms with van der Waals surface area (Å²) in [7, 11) is 0. The maximum atomic E-state index is 6.23. The highest BCUT2D eigenvalue weighted by atomic mass is 35.5. The van der Waals surface area contributed by atoms with Crippen molar-refractivity contribution in [3.8, 4) is 0 Å². The van der Waals surface area contributed by atoms with Crippen LogP contribution in [-0.2, 0) is 19.3 Å². The van der Waals surface area contributed by atoms with Crippen molar-refractivity contribution in [1.29, 1.82) is 0 Å². The summed E-state index contributed by atoms with van der Waals surface area (Å²) >= 11 is 12.5. The monoisotopic (exact) mass is 229 g/mol. The zero-order valence-corrected chi connectivity index (χ0v) is 10.4. The Kier molecular flexibility index (Phi) is 4.28. The lowest BCUT2D eigenvalue weighted by molar-refractivity contribution is 1.04. The Morgan fingerprint density at radius 2 is 1.29 bits per heavy atom. The summed E-state index contributed by atoms with van der Waals surface area (Å²) in [6.07, 6.45) is 2.71. The van der Waals surface area contributed by atoms with Crippen LogP contribution in [0.25, 0.3) is 0 Å². The molecule has 0 aliphatic carbocycles. The normalized spacial score (nSPS) is 10.6. The van der Waals surface area contributed by atoms with Gasteiger partial charge in [0.2, 0.25) is 0 Å². The number of halogens is 2. The molecule has 1 radical (unpaired) electrons. The second-order valence-corrected chi connectivity index (χ2v) is 4.01. The lowest BCUT2D eigenvalue weighted by Gasteiger charge is -2.12. The molecule has 0 aromatic heterocycles. The largest absolute Gasteiger partial charge is 0.0837 e. The first-order valence-electron chi connectivity index (χ1n) is 5.06. The van der Waals surface area contributed by atoms with E-state index in [0.29, 0.717) is 0 Å². The molecule has 77 valence electrons. The van der Waals surface area contributed by atoms with Crippen molar-refractivity contribution in [1.82, 2.24) is 0 Å². The molecule has 0 saturated heterocycles. The zero-order chi connectivity index (χ0) is 10.7. The fraction of sp³-hybridized carbons (Fsp3) is 0.500. The third-order valence-electron chi connectivity index (χ3n) is 2.42. The third kappa shape index (κ3) is 2.07. The van der Waals surface area contributed by atoms with Crippen LogP contribution < -0.4 is 0 Å². The Labute approximate surface area is 96.2 Å². The van der Waals surface area contributed by atoms with Crippen LogP contribution in [0.3, 0.4) is 0 Å². The van der Waals surface area contributed by atoms with E-state index in [0.717, 1.165) is 46.0 Å². The first-order chi connectivity index (χ1) is 6.65. The van der Waals surface area contributed by atoms with Crippen LogP contribution >= 0.6 is 23.2 Å².